The van der Waals surface area contributed by atoms with Crippen molar-refractivity contribution < 1.29 is 4.74 Å². The van der Waals surface area contributed by atoms with E-state index in [4.69, 9.17) is 4.74 Å². The summed E-state index contributed by atoms with van der Waals surface area (Å²) in [7, 11) is 1.75. The largest absolute Gasteiger partial charge is 0.383 e. The number of aryl methyl sites for hydroxylation is 1. The minimum absolute atomic E-state index is 0.454. The van der Waals surface area contributed by atoms with E-state index in [1.165, 1.54) is 12.1 Å². The van der Waals surface area contributed by atoms with Crippen LogP contribution in [-0.2, 0) is 17.8 Å². The average Bonchev–Trinajstić information content (AvgIpc) is 2.72. The number of aromatic nitrogens is 1. The zero-order valence-electron chi connectivity index (χ0n) is 10.7. The Kier molecular flexibility index (Phi) is 6.19. The fourth-order valence-corrected chi connectivity index (χ4v) is 1.84. The molecule has 0 aliphatic carbocycles. The molecule has 0 aromatic carbocycles. The highest BCUT2D eigenvalue weighted by Crippen LogP contribution is 2.04. The Morgan fingerprint density at radius 3 is 2.88 bits per heavy atom. The molecule has 0 saturated heterocycles. The normalized spacial score (nSPS) is 12.9. The lowest BCUT2D eigenvalue weighted by molar-refractivity contribution is 0.163. The second kappa shape index (κ2) is 7.47. The molecule has 3 heteroatoms. The molecule has 0 amide bonds. The van der Waals surface area contributed by atoms with Crippen molar-refractivity contribution in [2.45, 2.75) is 45.8 Å². The molecule has 0 aliphatic heterocycles. The number of hydrogen-bond acceptors (Lipinski definition) is 2. The van der Waals surface area contributed by atoms with Gasteiger partial charge in [-0.3, -0.25) is 0 Å². The van der Waals surface area contributed by atoms with Crippen molar-refractivity contribution in [3.8, 4) is 0 Å². The summed E-state index contributed by atoms with van der Waals surface area (Å²) in [6.07, 6.45) is 4.43. The Morgan fingerprint density at radius 1 is 1.44 bits per heavy atom. The monoisotopic (exact) mass is 224 g/mol. The van der Waals surface area contributed by atoms with Crippen LogP contribution in [0.25, 0.3) is 0 Å². The van der Waals surface area contributed by atoms with Crippen LogP contribution in [0.15, 0.2) is 18.3 Å². The van der Waals surface area contributed by atoms with Gasteiger partial charge in [0.25, 0.3) is 0 Å². The van der Waals surface area contributed by atoms with Gasteiger partial charge in [-0.1, -0.05) is 13.8 Å². The van der Waals surface area contributed by atoms with Crippen molar-refractivity contribution in [1.29, 1.82) is 0 Å². The maximum Gasteiger partial charge on any atom is 0.0615 e. The second-order valence-corrected chi connectivity index (χ2v) is 4.13. The first-order chi connectivity index (χ1) is 7.81. The molecule has 3 nitrogen and oxygen atoms in total. The van der Waals surface area contributed by atoms with Gasteiger partial charge in [-0.2, -0.15) is 0 Å². The Hall–Kier alpha value is -0.800. The van der Waals surface area contributed by atoms with Crippen molar-refractivity contribution >= 4 is 0 Å². The van der Waals surface area contributed by atoms with Gasteiger partial charge in [-0.15, -0.1) is 0 Å². The number of hydrogen-bond donors (Lipinski definition) is 1. The molecule has 0 spiro atoms. The molecule has 92 valence electrons. The molecule has 1 rings (SSSR count). The van der Waals surface area contributed by atoms with Gasteiger partial charge in [0.2, 0.25) is 0 Å². The van der Waals surface area contributed by atoms with Crippen LogP contribution in [0.3, 0.4) is 0 Å². The van der Waals surface area contributed by atoms with Gasteiger partial charge in [0.1, 0.15) is 0 Å². The molecule has 0 radical (unpaired) electrons. The summed E-state index contributed by atoms with van der Waals surface area (Å²) in [4.78, 5) is 0. The van der Waals surface area contributed by atoms with Crippen molar-refractivity contribution in [2.24, 2.45) is 0 Å². The highest BCUT2D eigenvalue weighted by Gasteiger charge is 2.06. The molecule has 1 N–H and O–H groups in total. The summed E-state index contributed by atoms with van der Waals surface area (Å²) >= 11 is 0. The summed E-state index contributed by atoms with van der Waals surface area (Å²) in [5.41, 5.74) is 1.36. The quantitative estimate of drug-likeness (QED) is 0.734. The minimum atomic E-state index is 0.454. The van der Waals surface area contributed by atoms with E-state index >= 15 is 0 Å². The SMILES string of the molecule is CCCn1cccc1CNC(CC)COC. The maximum absolute atomic E-state index is 5.17. The predicted molar refractivity (Wildman–Crippen MR) is 67.5 cm³/mol. The molecule has 0 fully saturated rings. The maximum atomic E-state index is 5.17. The average molecular weight is 224 g/mol. The molecule has 1 aromatic heterocycles. The molecule has 16 heavy (non-hydrogen) atoms. The molecule has 1 atom stereocenters. The first-order valence-corrected chi connectivity index (χ1v) is 6.18. The van der Waals surface area contributed by atoms with Gasteiger partial charge in [-0.25, -0.2) is 0 Å². The van der Waals surface area contributed by atoms with Crippen LogP contribution in [-0.4, -0.2) is 24.3 Å². The van der Waals surface area contributed by atoms with Crippen LogP contribution in [0.2, 0.25) is 0 Å². The first-order valence-electron chi connectivity index (χ1n) is 6.18. The highest BCUT2D eigenvalue weighted by molar-refractivity contribution is 5.07. The van der Waals surface area contributed by atoms with E-state index in [0.29, 0.717) is 6.04 Å². The van der Waals surface area contributed by atoms with E-state index in [-0.39, 0.29) is 0 Å². The van der Waals surface area contributed by atoms with Gasteiger partial charge < -0.3 is 14.6 Å². The third kappa shape index (κ3) is 3.99. The number of rotatable bonds is 8. The lowest BCUT2D eigenvalue weighted by atomic mass is 10.2. The van der Waals surface area contributed by atoms with Gasteiger partial charge in [0.15, 0.2) is 0 Å². The second-order valence-electron chi connectivity index (χ2n) is 4.13. The molecular weight excluding hydrogens is 200 g/mol. The van der Waals surface area contributed by atoms with Crippen molar-refractivity contribution in [3.05, 3.63) is 24.0 Å². The van der Waals surface area contributed by atoms with Crippen molar-refractivity contribution in [3.63, 3.8) is 0 Å². The van der Waals surface area contributed by atoms with Gasteiger partial charge in [0, 0.05) is 38.1 Å². The predicted octanol–water partition coefficient (Wildman–Crippen LogP) is 2.41. The van der Waals surface area contributed by atoms with E-state index < -0.39 is 0 Å². The van der Waals surface area contributed by atoms with Crippen LogP contribution in [0.4, 0.5) is 0 Å². The summed E-state index contributed by atoms with van der Waals surface area (Å²) < 4.78 is 7.49. The fraction of sp³-hybridized carbons (Fsp3) is 0.692. The molecule has 1 aromatic rings. The van der Waals surface area contributed by atoms with Gasteiger partial charge >= 0.3 is 0 Å². The fourth-order valence-electron chi connectivity index (χ4n) is 1.84. The van der Waals surface area contributed by atoms with Crippen molar-refractivity contribution in [1.82, 2.24) is 9.88 Å². The molecule has 1 unspecified atom stereocenters. The summed E-state index contributed by atoms with van der Waals surface area (Å²) in [5.74, 6) is 0. The van der Waals surface area contributed by atoms with Crippen LogP contribution < -0.4 is 5.32 Å². The topological polar surface area (TPSA) is 26.2 Å². The standard InChI is InChI=1S/C13H24N2O/c1-4-8-15-9-6-7-13(15)10-14-12(5-2)11-16-3/h6-7,9,12,14H,4-5,8,10-11H2,1-3H3. The zero-order valence-corrected chi connectivity index (χ0v) is 10.7. The molecule has 1 heterocycles. The van der Waals surface area contributed by atoms with E-state index in [1.54, 1.807) is 7.11 Å². The first kappa shape index (κ1) is 13.3. The van der Waals surface area contributed by atoms with Crippen molar-refractivity contribution in [2.75, 3.05) is 13.7 Å². The molecular formula is C13H24N2O. The third-order valence-corrected chi connectivity index (χ3v) is 2.82. The Balaban J connectivity index is 2.43. The summed E-state index contributed by atoms with van der Waals surface area (Å²) in [5, 5.41) is 3.53. The molecule has 0 aliphatic rings. The zero-order chi connectivity index (χ0) is 11.8. The number of nitrogens with zero attached hydrogens (tertiary/aromatic N) is 1. The van der Waals surface area contributed by atoms with E-state index in [9.17, 15) is 0 Å². The Bertz CT molecular complexity index is 283. The van der Waals surface area contributed by atoms with Gasteiger partial charge in [0.05, 0.1) is 6.61 Å². The Morgan fingerprint density at radius 2 is 2.25 bits per heavy atom. The number of ether oxygens (including phenoxy) is 1. The Labute approximate surface area is 98.8 Å². The van der Waals surface area contributed by atoms with E-state index in [1.807, 2.05) is 0 Å². The third-order valence-electron chi connectivity index (χ3n) is 2.82. The highest BCUT2D eigenvalue weighted by atomic mass is 16.5. The van der Waals surface area contributed by atoms with E-state index in [2.05, 4.69) is 42.1 Å². The number of nitrogens with one attached hydrogen (secondary N) is 1. The number of methoxy groups -OCH3 is 1. The lowest BCUT2D eigenvalue weighted by Crippen LogP contribution is -2.32. The molecule has 0 saturated carbocycles. The lowest BCUT2D eigenvalue weighted by Gasteiger charge is -2.16. The van der Waals surface area contributed by atoms with Crippen LogP contribution in [0.1, 0.15) is 32.4 Å². The van der Waals surface area contributed by atoms with Crippen LogP contribution >= 0.6 is 0 Å². The van der Waals surface area contributed by atoms with Crippen LogP contribution in [0, 0.1) is 0 Å². The summed E-state index contributed by atoms with van der Waals surface area (Å²) in [6, 6.07) is 4.75. The smallest absolute Gasteiger partial charge is 0.0615 e. The minimum Gasteiger partial charge on any atom is -0.383 e. The van der Waals surface area contributed by atoms with Crippen LogP contribution in [0.5, 0.6) is 0 Å². The summed E-state index contributed by atoms with van der Waals surface area (Å²) in [6.45, 7) is 7.20. The molecule has 0 bridgehead atoms. The van der Waals surface area contributed by atoms with E-state index in [0.717, 1.165) is 26.1 Å². The van der Waals surface area contributed by atoms with Gasteiger partial charge in [-0.05, 0) is 25.0 Å².